The van der Waals surface area contributed by atoms with E-state index in [0.29, 0.717) is 13.0 Å². The van der Waals surface area contributed by atoms with Gasteiger partial charge in [0.25, 0.3) is 0 Å². The molecule has 2 atom stereocenters. The summed E-state index contributed by atoms with van der Waals surface area (Å²) in [5.74, 6) is -1.42. The van der Waals surface area contributed by atoms with E-state index in [2.05, 4.69) is 5.32 Å². The van der Waals surface area contributed by atoms with E-state index >= 15 is 0 Å². The Balaban J connectivity index is 2.26. The molecule has 2 saturated heterocycles. The highest BCUT2D eigenvalue weighted by Gasteiger charge is 2.53. The van der Waals surface area contributed by atoms with Crippen LogP contribution in [0.5, 0.6) is 0 Å². The molecule has 17 heavy (non-hydrogen) atoms. The highest BCUT2D eigenvalue weighted by atomic mass is 16.4. The second kappa shape index (κ2) is 3.90. The molecular weight excluding hydrogens is 228 g/mol. The lowest BCUT2D eigenvalue weighted by molar-refractivity contribution is -0.141. The van der Waals surface area contributed by atoms with Gasteiger partial charge >= 0.3 is 12.1 Å². The molecule has 7 nitrogen and oxygen atoms in total. The van der Waals surface area contributed by atoms with Crippen molar-refractivity contribution in [2.24, 2.45) is 5.41 Å². The first kappa shape index (κ1) is 11.7. The largest absolute Gasteiger partial charge is 0.480 e. The van der Waals surface area contributed by atoms with Crippen LogP contribution < -0.4 is 5.32 Å². The molecule has 3 N–H and O–H groups in total. The van der Waals surface area contributed by atoms with Crippen LogP contribution in [0.15, 0.2) is 0 Å². The first-order chi connectivity index (χ1) is 7.96. The number of carbonyl (C=O) groups is 3. The molecule has 2 amide bonds. The summed E-state index contributed by atoms with van der Waals surface area (Å²) < 4.78 is 0. The third-order valence-electron chi connectivity index (χ3n) is 3.56. The molecule has 2 fully saturated rings. The zero-order valence-electron chi connectivity index (χ0n) is 9.18. The summed E-state index contributed by atoms with van der Waals surface area (Å²) in [6, 6.07) is -1.11. The van der Waals surface area contributed by atoms with Crippen molar-refractivity contribution in [2.45, 2.75) is 25.3 Å². The molecule has 94 valence electrons. The Kier molecular flexibility index (Phi) is 2.68. The Morgan fingerprint density at radius 2 is 2.12 bits per heavy atom. The van der Waals surface area contributed by atoms with Gasteiger partial charge in [0.15, 0.2) is 0 Å². The Morgan fingerprint density at radius 1 is 1.41 bits per heavy atom. The number of hydrogen-bond acceptors (Lipinski definition) is 3. The molecule has 7 heteroatoms. The highest BCUT2D eigenvalue weighted by molar-refractivity contribution is 5.88. The summed E-state index contributed by atoms with van der Waals surface area (Å²) in [6.07, 6.45) is 0.0888. The Bertz CT molecular complexity index is 359. The van der Waals surface area contributed by atoms with E-state index in [1.807, 2.05) is 0 Å². The summed E-state index contributed by atoms with van der Waals surface area (Å²) in [5.41, 5.74) is -0.848. The molecule has 0 aromatic heterocycles. The lowest BCUT2D eigenvalue weighted by Crippen LogP contribution is -2.47. The summed E-state index contributed by atoms with van der Waals surface area (Å²) in [7, 11) is 0. The van der Waals surface area contributed by atoms with E-state index in [1.54, 1.807) is 0 Å². The van der Waals surface area contributed by atoms with E-state index in [9.17, 15) is 14.4 Å². The fraction of sp³-hybridized carbons (Fsp3) is 0.700. The van der Waals surface area contributed by atoms with E-state index in [-0.39, 0.29) is 18.9 Å². The molecule has 0 radical (unpaired) electrons. The summed E-state index contributed by atoms with van der Waals surface area (Å²) >= 11 is 0. The van der Waals surface area contributed by atoms with Gasteiger partial charge in [0.1, 0.15) is 6.04 Å². The maximum atomic E-state index is 11.8. The molecule has 1 unspecified atom stereocenters. The number of likely N-dealkylation sites (tertiary alicyclic amines) is 1. The normalized spacial score (nSPS) is 32.6. The molecule has 2 aliphatic rings. The molecule has 2 aliphatic heterocycles. The molecule has 2 rings (SSSR count). The first-order valence-electron chi connectivity index (χ1n) is 5.47. The SMILES string of the molecule is O=C(O)[C@@H]1CC2(CCCNC2=O)CN1C(=O)O. The van der Waals surface area contributed by atoms with E-state index in [4.69, 9.17) is 10.2 Å². The van der Waals surface area contributed by atoms with Crippen LogP contribution in [0, 0.1) is 5.41 Å². The zero-order chi connectivity index (χ0) is 12.6. The van der Waals surface area contributed by atoms with Crippen molar-refractivity contribution in [1.82, 2.24) is 10.2 Å². The maximum Gasteiger partial charge on any atom is 0.408 e. The minimum Gasteiger partial charge on any atom is -0.480 e. The lowest BCUT2D eigenvalue weighted by atomic mass is 9.78. The molecule has 0 saturated carbocycles. The maximum absolute atomic E-state index is 11.8. The Labute approximate surface area is 97.4 Å². The molecule has 2 heterocycles. The number of carbonyl (C=O) groups excluding carboxylic acids is 1. The summed E-state index contributed by atoms with van der Waals surface area (Å²) in [4.78, 5) is 34.7. The van der Waals surface area contributed by atoms with Gasteiger partial charge in [0, 0.05) is 13.1 Å². The average molecular weight is 242 g/mol. The Hall–Kier alpha value is -1.79. The van der Waals surface area contributed by atoms with Gasteiger partial charge in [-0.2, -0.15) is 0 Å². The number of piperidine rings is 1. The van der Waals surface area contributed by atoms with Crippen LogP contribution in [0.3, 0.4) is 0 Å². The van der Waals surface area contributed by atoms with Gasteiger partial charge < -0.3 is 15.5 Å². The van der Waals surface area contributed by atoms with Crippen LogP contribution >= 0.6 is 0 Å². The minimum absolute atomic E-state index is 0.0227. The van der Waals surface area contributed by atoms with Gasteiger partial charge in [-0.1, -0.05) is 0 Å². The van der Waals surface area contributed by atoms with Crippen molar-refractivity contribution in [2.75, 3.05) is 13.1 Å². The van der Waals surface area contributed by atoms with Crippen molar-refractivity contribution in [3.05, 3.63) is 0 Å². The van der Waals surface area contributed by atoms with Gasteiger partial charge in [-0.3, -0.25) is 9.69 Å². The van der Waals surface area contributed by atoms with Crippen LogP contribution in [0.4, 0.5) is 4.79 Å². The van der Waals surface area contributed by atoms with Crippen LogP contribution in [0.2, 0.25) is 0 Å². The van der Waals surface area contributed by atoms with Gasteiger partial charge in [-0.05, 0) is 19.3 Å². The quantitative estimate of drug-likeness (QED) is 0.586. The second-order valence-electron chi connectivity index (χ2n) is 4.61. The van der Waals surface area contributed by atoms with E-state index < -0.39 is 23.5 Å². The molecule has 0 aliphatic carbocycles. The van der Waals surface area contributed by atoms with Crippen LogP contribution in [-0.4, -0.2) is 52.2 Å². The molecular formula is C10H14N2O5. The van der Waals surface area contributed by atoms with Crippen molar-refractivity contribution in [3.63, 3.8) is 0 Å². The van der Waals surface area contributed by atoms with Crippen molar-refractivity contribution in [1.29, 1.82) is 0 Å². The Morgan fingerprint density at radius 3 is 2.59 bits per heavy atom. The standard InChI is InChI=1S/C10H14N2O5/c13-7(14)6-4-10(5-12(6)9(16)17)2-1-3-11-8(10)15/h6H,1-5H2,(H,11,15)(H,13,14)(H,16,17)/t6-,10?/m0/s1. The monoisotopic (exact) mass is 242 g/mol. The van der Waals surface area contributed by atoms with Crippen LogP contribution in [-0.2, 0) is 9.59 Å². The summed E-state index contributed by atoms with van der Waals surface area (Å²) in [5, 5.41) is 20.6. The molecule has 0 bridgehead atoms. The van der Waals surface area contributed by atoms with Crippen LogP contribution in [0.1, 0.15) is 19.3 Å². The van der Waals surface area contributed by atoms with Crippen molar-refractivity contribution >= 4 is 18.0 Å². The number of nitrogens with one attached hydrogen (secondary N) is 1. The third-order valence-corrected chi connectivity index (χ3v) is 3.56. The molecule has 0 aromatic carbocycles. The van der Waals surface area contributed by atoms with Gasteiger partial charge in [0.05, 0.1) is 5.41 Å². The van der Waals surface area contributed by atoms with Crippen LogP contribution in [0.25, 0.3) is 0 Å². The number of amides is 2. The fourth-order valence-corrected chi connectivity index (χ4v) is 2.68. The smallest absolute Gasteiger partial charge is 0.408 e. The second-order valence-corrected chi connectivity index (χ2v) is 4.61. The number of aliphatic carboxylic acids is 1. The minimum atomic E-state index is -1.28. The van der Waals surface area contributed by atoms with Gasteiger partial charge in [0.2, 0.25) is 5.91 Å². The highest BCUT2D eigenvalue weighted by Crippen LogP contribution is 2.40. The van der Waals surface area contributed by atoms with Crippen molar-refractivity contribution < 1.29 is 24.6 Å². The van der Waals surface area contributed by atoms with Crippen molar-refractivity contribution in [3.8, 4) is 0 Å². The number of carboxylic acid groups (broad SMARTS) is 2. The number of carboxylic acids is 1. The van der Waals surface area contributed by atoms with E-state index in [0.717, 1.165) is 11.3 Å². The third kappa shape index (κ3) is 1.81. The number of nitrogens with zero attached hydrogens (tertiary/aromatic N) is 1. The lowest BCUT2D eigenvalue weighted by Gasteiger charge is -2.31. The first-order valence-corrected chi connectivity index (χ1v) is 5.47. The van der Waals surface area contributed by atoms with E-state index in [1.165, 1.54) is 0 Å². The number of rotatable bonds is 1. The molecule has 1 spiro atoms. The topological polar surface area (TPSA) is 107 Å². The average Bonchev–Trinajstić information content (AvgIpc) is 2.64. The predicted octanol–water partition coefficient (Wildman–Crippen LogP) is -0.280. The zero-order valence-corrected chi connectivity index (χ0v) is 9.18. The fourth-order valence-electron chi connectivity index (χ4n) is 2.68. The van der Waals surface area contributed by atoms with Gasteiger partial charge in [-0.25, -0.2) is 9.59 Å². The van der Waals surface area contributed by atoms with Gasteiger partial charge in [-0.15, -0.1) is 0 Å². The number of hydrogen-bond donors (Lipinski definition) is 3. The predicted molar refractivity (Wildman–Crippen MR) is 55.4 cm³/mol. The summed E-state index contributed by atoms with van der Waals surface area (Å²) in [6.45, 7) is 0.552. The molecule has 0 aromatic rings.